The average molecular weight is 307 g/mol. The SMILES string of the molecule is CN(Cc1cc(Br)cs1)CC(N)CC(=O)O. The number of aliphatic carboxylic acids is 1. The van der Waals surface area contributed by atoms with Gasteiger partial charge in [-0.3, -0.25) is 9.69 Å². The molecule has 0 aliphatic rings. The van der Waals surface area contributed by atoms with Gasteiger partial charge in [-0.25, -0.2) is 0 Å². The fourth-order valence-corrected chi connectivity index (χ4v) is 2.99. The Kier molecular flexibility index (Phi) is 5.40. The molecule has 16 heavy (non-hydrogen) atoms. The Bertz CT molecular complexity index is 356. The molecule has 0 spiro atoms. The van der Waals surface area contributed by atoms with Gasteiger partial charge in [0.2, 0.25) is 0 Å². The summed E-state index contributed by atoms with van der Waals surface area (Å²) in [6.45, 7) is 1.38. The van der Waals surface area contributed by atoms with Crippen LogP contribution in [-0.2, 0) is 11.3 Å². The molecular formula is C10H15BrN2O2S. The number of halogens is 1. The van der Waals surface area contributed by atoms with E-state index in [1.54, 1.807) is 11.3 Å². The van der Waals surface area contributed by atoms with Crippen molar-refractivity contribution >= 4 is 33.2 Å². The quantitative estimate of drug-likeness (QED) is 0.840. The number of rotatable bonds is 6. The molecule has 0 fully saturated rings. The van der Waals surface area contributed by atoms with E-state index in [1.165, 1.54) is 4.88 Å². The summed E-state index contributed by atoms with van der Waals surface area (Å²) in [5.41, 5.74) is 5.71. The van der Waals surface area contributed by atoms with Crippen LogP contribution < -0.4 is 5.73 Å². The van der Waals surface area contributed by atoms with Gasteiger partial charge in [-0.2, -0.15) is 0 Å². The van der Waals surface area contributed by atoms with Crippen LogP contribution in [0.4, 0.5) is 0 Å². The molecule has 1 aromatic heterocycles. The molecule has 0 aromatic carbocycles. The van der Waals surface area contributed by atoms with E-state index in [9.17, 15) is 4.79 Å². The number of thiophene rings is 1. The first kappa shape index (κ1) is 13.6. The van der Waals surface area contributed by atoms with E-state index in [0.717, 1.165) is 11.0 Å². The molecule has 1 aromatic rings. The molecule has 1 unspecified atom stereocenters. The van der Waals surface area contributed by atoms with Gasteiger partial charge in [0, 0.05) is 33.9 Å². The molecule has 90 valence electrons. The molecule has 0 saturated carbocycles. The van der Waals surface area contributed by atoms with Crippen LogP contribution in [0.2, 0.25) is 0 Å². The van der Waals surface area contributed by atoms with Crippen molar-refractivity contribution in [1.82, 2.24) is 4.90 Å². The van der Waals surface area contributed by atoms with Crippen molar-refractivity contribution in [1.29, 1.82) is 0 Å². The fraction of sp³-hybridized carbons (Fsp3) is 0.500. The van der Waals surface area contributed by atoms with E-state index in [2.05, 4.69) is 22.0 Å². The van der Waals surface area contributed by atoms with Crippen molar-refractivity contribution in [2.75, 3.05) is 13.6 Å². The summed E-state index contributed by atoms with van der Waals surface area (Å²) >= 11 is 5.07. The number of nitrogens with two attached hydrogens (primary N) is 1. The molecule has 0 aliphatic carbocycles. The summed E-state index contributed by atoms with van der Waals surface area (Å²) < 4.78 is 1.08. The highest BCUT2D eigenvalue weighted by Gasteiger charge is 2.11. The van der Waals surface area contributed by atoms with Crippen molar-refractivity contribution in [2.45, 2.75) is 19.0 Å². The lowest BCUT2D eigenvalue weighted by molar-refractivity contribution is -0.137. The zero-order valence-corrected chi connectivity index (χ0v) is 11.4. The number of carboxylic acid groups (broad SMARTS) is 1. The van der Waals surface area contributed by atoms with E-state index in [1.807, 2.05) is 17.3 Å². The van der Waals surface area contributed by atoms with Crippen LogP contribution in [0.25, 0.3) is 0 Å². The molecule has 0 bridgehead atoms. The van der Waals surface area contributed by atoms with E-state index >= 15 is 0 Å². The summed E-state index contributed by atoms with van der Waals surface area (Å²) in [7, 11) is 1.94. The van der Waals surface area contributed by atoms with Crippen LogP contribution in [0, 0.1) is 0 Å². The van der Waals surface area contributed by atoms with Gasteiger partial charge in [-0.05, 0) is 29.0 Å². The third-order valence-electron chi connectivity index (χ3n) is 2.03. The van der Waals surface area contributed by atoms with Crippen LogP contribution in [0.3, 0.4) is 0 Å². The molecule has 6 heteroatoms. The van der Waals surface area contributed by atoms with Crippen molar-refractivity contribution in [3.8, 4) is 0 Å². The third-order valence-corrected chi connectivity index (χ3v) is 3.71. The Balaban J connectivity index is 2.35. The number of carbonyl (C=O) groups is 1. The summed E-state index contributed by atoms with van der Waals surface area (Å²) in [5, 5.41) is 10.6. The number of likely N-dealkylation sites (N-methyl/N-ethyl adjacent to an activating group) is 1. The monoisotopic (exact) mass is 306 g/mol. The topological polar surface area (TPSA) is 66.6 Å². The van der Waals surface area contributed by atoms with Gasteiger partial charge in [0.05, 0.1) is 6.42 Å². The number of hydrogen-bond donors (Lipinski definition) is 2. The van der Waals surface area contributed by atoms with Crippen LogP contribution >= 0.6 is 27.3 Å². The summed E-state index contributed by atoms with van der Waals surface area (Å²) in [5.74, 6) is -0.847. The second kappa shape index (κ2) is 6.34. The zero-order chi connectivity index (χ0) is 12.1. The lowest BCUT2D eigenvalue weighted by Crippen LogP contribution is -2.36. The minimum atomic E-state index is -0.847. The zero-order valence-electron chi connectivity index (χ0n) is 9.02. The Morgan fingerprint density at radius 1 is 1.75 bits per heavy atom. The summed E-state index contributed by atoms with van der Waals surface area (Å²) in [6, 6.07) is 1.75. The second-order valence-electron chi connectivity index (χ2n) is 3.79. The van der Waals surface area contributed by atoms with Gasteiger partial charge < -0.3 is 10.8 Å². The highest BCUT2D eigenvalue weighted by molar-refractivity contribution is 9.10. The molecule has 1 atom stereocenters. The van der Waals surface area contributed by atoms with Crippen molar-refractivity contribution in [3.63, 3.8) is 0 Å². The number of hydrogen-bond acceptors (Lipinski definition) is 4. The van der Waals surface area contributed by atoms with Crippen molar-refractivity contribution in [3.05, 3.63) is 20.8 Å². The van der Waals surface area contributed by atoms with Gasteiger partial charge in [0.15, 0.2) is 0 Å². The highest BCUT2D eigenvalue weighted by atomic mass is 79.9. The molecule has 0 amide bonds. The summed E-state index contributed by atoms with van der Waals surface area (Å²) in [4.78, 5) is 13.7. The van der Waals surface area contributed by atoms with Crippen LogP contribution in [0.5, 0.6) is 0 Å². The molecule has 0 aliphatic heterocycles. The Labute approximate surface area is 107 Å². The van der Waals surface area contributed by atoms with Gasteiger partial charge in [-0.1, -0.05) is 0 Å². The van der Waals surface area contributed by atoms with Crippen molar-refractivity contribution in [2.24, 2.45) is 5.73 Å². The minimum Gasteiger partial charge on any atom is -0.481 e. The molecule has 0 saturated heterocycles. The maximum atomic E-state index is 10.5. The Morgan fingerprint density at radius 2 is 2.44 bits per heavy atom. The lowest BCUT2D eigenvalue weighted by Gasteiger charge is -2.19. The first-order chi connectivity index (χ1) is 7.47. The number of nitrogens with zero attached hydrogens (tertiary/aromatic N) is 1. The van der Waals surface area contributed by atoms with Crippen molar-refractivity contribution < 1.29 is 9.90 Å². The maximum Gasteiger partial charge on any atom is 0.304 e. The largest absolute Gasteiger partial charge is 0.481 e. The predicted octanol–water partition coefficient (Wildman–Crippen LogP) is 1.74. The summed E-state index contributed by atoms with van der Waals surface area (Å²) in [6.07, 6.45) is 0.0124. The van der Waals surface area contributed by atoms with Crippen LogP contribution in [0.1, 0.15) is 11.3 Å². The first-order valence-corrected chi connectivity index (χ1v) is 6.53. The van der Waals surface area contributed by atoms with E-state index < -0.39 is 5.97 Å². The lowest BCUT2D eigenvalue weighted by atomic mass is 10.2. The van der Waals surface area contributed by atoms with E-state index in [4.69, 9.17) is 10.8 Å². The van der Waals surface area contributed by atoms with E-state index in [-0.39, 0.29) is 12.5 Å². The molecule has 1 heterocycles. The normalized spacial score (nSPS) is 13.0. The van der Waals surface area contributed by atoms with Crippen LogP contribution in [-0.4, -0.2) is 35.6 Å². The molecule has 0 radical (unpaired) electrons. The molecular weight excluding hydrogens is 292 g/mol. The molecule has 4 nitrogen and oxygen atoms in total. The van der Waals surface area contributed by atoms with Gasteiger partial charge in [0.25, 0.3) is 0 Å². The minimum absolute atomic E-state index is 0.0124. The number of carboxylic acids is 1. The third kappa shape index (κ3) is 5.07. The first-order valence-electron chi connectivity index (χ1n) is 4.86. The average Bonchev–Trinajstić information content (AvgIpc) is 2.48. The Morgan fingerprint density at radius 3 is 2.94 bits per heavy atom. The molecule has 3 N–H and O–H groups in total. The standard InChI is InChI=1S/C10H15BrN2O2S/c1-13(4-8(12)3-10(14)15)5-9-2-7(11)6-16-9/h2,6,8H,3-5,12H2,1H3,(H,14,15). The predicted molar refractivity (Wildman–Crippen MR) is 68.6 cm³/mol. The smallest absolute Gasteiger partial charge is 0.304 e. The van der Waals surface area contributed by atoms with Gasteiger partial charge in [0.1, 0.15) is 0 Å². The van der Waals surface area contributed by atoms with Crippen LogP contribution in [0.15, 0.2) is 15.9 Å². The fourth-order valence-electron chi connectivity index (χ4n) is 1.46. The second-order valence-corrected chi connectivity index (χ2v) is 5.70. The van der Waals surface area contributed by atoms with Gasteiger partial charge in [-0.15, -0.1) is 11.3 Å². The highest BCUT2D eigenvalue weighted by Crippen LogP contribution is 2.20. The molecule has 1 rings (SSSR count). The van der Waals surface area contributed by atoms with Gasteiger partial charge >= 0.3 is 5.97 Å². The van der Waals surface area contributed by atoms with E-state index in [0.29, 0.717) is 6.54 Å². The Hall–Kier alpha value is -0.430. The maximum absolute atomic E-state index is 10.5.